The lowest BCUT2D eigenvalue weighted by atomic mass is 10.00. The van der Waals surface area contributed by atoms with Crippen LogP contribution in [0.25, 0.3) is 0 Å². The second kappa shape index (κ2) is 5.84. The summed E-state index contributed by atoms with van der Waals surface area (Å²) >= 11 is 5.84. The standard InChI is InChI=1S/C15H14ClNO3/c1-19-12-4-3-5-13(20-2)14(12)15(18)10-7-6-9(16)8-11(10)17/h3-8H,17H2,1-2H3. The lowest BCUT2D eigenvalue weighted by Crippen LogP contribution is -2.09. The number of benzene rings is 2. The molecule has 2 N–H and O–H groups in total. The van der Waals surface area contributed by atoms with Crippen molar-refractivity contribution in [1.29, 1.82) is 0 Å². The highest BCUT2D eigenvalue weighted by atomic mass is 35.5. The van der Waals surface area contributed by atoms with E-state index in [2.05, 4.69) is 0 Å². The van der Waals surface area contributed by atoms with Crippen molar-refractivity contribution in [3.05, 3.63) is 52.5 Å². The molecule has 104 valence electrons. The maximum absolute atomic E-state index is 12.7. The van der Waals surface area contributed by atoms with Crippen LogP contribution >= 0.6 is 11.6 Å². The minimum absolute atomic E-state index is 0.270. The molecule has 0 spiro atoms. The van der Waals surface area contributed by atoms with E-state index in [1.54, 1.807) is 30.3 Å². The molecule has 0 saturated heterocycles. The van der Waals surface area contributed by atoms with Crippen LogP contribution in [0.2, 0.25) is 5.02 Å². The van der Waals surface area contributed by atoms with E-state index in [0.29, 0.717) is 33.3 Å². The van der Waals surface area contributed by atoms with E-state index in [-0.39, 0.29) is 5.78 Å². The third kappa shape index (κ3) is 2.56. The number of carbonyl (C=O) groups excluding carboxylic acids is 1. The highest BCUT2D eigenvalue weighted by Crippen LogP contribution is 2.32. The smallest absolute Gasteiger partial charge is 0.202 e. The number of nitrogens with two attached hydrogens (primary N) is 1. The van der Waals surface area contributed by atoms with Crippen LogP contribution in [0, 0.1) is 0 Å². The average Bonchev–Trinajstić information content (AvgIpc) is 2.45. The van der Waals surface area contributed by atoms with Crippen LogP contribution in [0.3, 0.4) is 0 Å². The Hall–Kier alpha value is -2.20. The number of rotatable bonds is 4. The molecule has 0 aromatic heterocycles. The summed E-state index contributed by atoms with van der Waals surface area (Å²) in [4.78, 5) is 12.7. The minimum Gasteiger partial charge on any atom is -0.496 e. The Bertz CT molecular complexity index is 633. The van der Waals surface area contributed by atoms with Crippen molar-refractivity contribution in [2.24, 2.45) is 0 Å². The maximum atomic E-state index is 12.7. The fourth-order valence-corrected chi connectivity index (χ4v) is 2.13. The summed E-state index contributed by atoms with van der Waals surface area (Å²) in [6.45, 7) is 0. The second-order valence-electron chi connectivity index (χ2n) is 4.10. The SMILES string of the molecule is COc1cccc(OC)c1C(=O)c1ccc(Cl)cc1N. The number of hydrogen-bond acceptors (Lipinski definition) is 4. The van der Waals surface area contributed by atoms with Crippen LogP contribution in [-0.4, -0.2) is 20.0 Å². The third-order valence-corrected chi connectivity index (χ3v) is 3.15. The van der Waals surface area contributed by atoms with E-state index >= 15 is 0 Å². The summed E-state index contributed by atoms with van der Waals surface area (Å²) in [5.74, 6) is 0.598. The van der Waals surface area contributed by atoms with Gasteiger partial charge in [-0.05, 0) is 30.3 Å². The molecule has 0 bridgehead atoms. The monoisotopic (exact) mass is 291 g/mol. The van der Waals surface area contributed by atoms with Crippen molar-refractivity contribution in [2.75, 3.05) is 20.0 Å². The van der Waals surface area contributed by atoms with Gasteiger partial charge in [0.1, 0.15) is 17.1 Å². The number of halogens is 1. The molecule has 5 heteroatoms. The molecular formula is C15H14ClNO3. The number of ether oxygens (including phenoxy) is 2. The Balaban J connectivity index is 2.58. The number of nitrogen functional groups attached to an aromatic ring is 1. The normalized spacial score (nSPS) is 10.2. The van der Waals surface area contributed by atoms with Crippen LogP contribution in [0.1, 0.15) is 15.9 Å². The number of carbonyl (C=O) groups is 1. The highest BCUT2D eigenvalue weighted by molar-refractivity contribution is 6.31. The lowest BCUT2D eigenvalue weighted by Gasteiger charge is -2.13. The van der Waals surface area contributed by atoms with Gasteiger partial charge in [0.25, 0.3) is 0 Å². The molecule has 2 rings (SSSR count). The maximum Gasteiger partial charge on any atom is 0.202 e. The Labute approximate surface area is 122 Å². The predicted octanol–water partition coefficient (Wildman–Crippen LogP) is 3.17. The zero-order valence-corrected chi connectivity index (χ0v) is 11.9. The van der Waals surface area contributed by atoms with E-state index < -0.39 is 0 Å². The summed E-state index contributed by atoms with van der Waals surface area (Å²) in [6.07, 6.45) is 0. The van der Waals surface area contributed by atoms with E-state index in [0.717, 1.165) is 0 Å². The first-order chi connectivity index (χ1) is 9.58. The molecule has 0 heterocycles. The molecule has 2 aromatic rings. The predicted molar refractivity (Wildman–Crippen MR) is 78.8 cm³/mol. The van der Waals surface area contributed by atoms with E-state index in [1.165, 1.54) is 20.3 Å². The van der Waals surface area contributed by atoms with E-state index in [9.17, 15) is 4.79 Å². The summed E-state index contributed by atoms with van der Waals surface area (Å²) < 4.78 is 10.5. The minimum atomic E-state index is -0.270. The molecule has 20 heavy (non-hydrogen) atoms. The Kier molecular flexibility index (Phi) is 4.15. The number of ketones is 1. The van der Waals surface area contributed by atoms with Crippen molar-refractivity contribution in [3.63, 3.8) is 0 Å². The van der Waals surface area contributed by atoms with Gasteiger partial charge in [0.2, 0.25) is 5.78 Å². The van der Waals surface area contributed by atoms with Gasteiger partial charge in [-0.3, -0.25) is 4.79 Å². The molecule has 0 aliphatic carbocycles. The zero-order chi connectivity index (χ0) is 14.7. The number of hydrogen-bond donors (Lipinski definition) is 1. The fourth-order valence-electron chi connectivity index (χ4n) is 1.95. The fraction of sp³-hybridized carbons (Fsp3) is 0.133. The molecule has 2 aromatic carbocycles. The molecule has 0 aliphatic rings. The molecule has 4 nitrogen and oxygen atoms in total. The van der Waals surface area contributed by atoms with E-state index in [1.807, 2.05) is 0 Å². The first-order valence-electron chi connectivity index (χ1n) is 5.89. The van der Waals surface area contributed by atoms with Crippen molar-refractivity contribution in [1.82, 2.24) is 0 Å². The molecule has 0 fully saturated rings. The van der Waals surface area contributed by atoms with Gasteiger partial charge in [-0.2, -0.15) is 0 Å². The first-order valence-corrected chi connectivity index (χ1v) is 6.27. The molecule has 0 saturated carbocycles. The third-order valence-electron chi connectivity index (χ3n) is 2.91. The van der Waals surface area contributed by atoms with Gasteiger partial charge < -0.3 is 15.2 Å². The van der Waals surface area contributed by atoms with Crippen LogP contribution in [0.4, 0.5) is 5.69 Å². The van der Waals surface area contributed by atoms with Gasteiger partial charge in [0, 0.05) is 16.3 Å². The molecular weight excluding hydrogens is 278 g/mol. The van der Waals surface area contributed by atoms with Crippen LogP contribution < -0.4 is 15.2 Å². The molecule has 0 atom stereocenters. The lowest BCUT2D eigenvalue weighted by molar-refractivity contribution is 0.103. The second-order valence-corrected chi connectivity index (χ2v) is 4.53. The number of methoxy groups -OCH3 is 2. The van der Waals surface area contributed by atoms with Gasteiger partial charge in [-0.25, -0.2) is 0 Å². The van der Waals surface area contributed by atoms with Crippen LogP contribution in [-0.2, 0) is 0 Å². The van der Waals surface area contributed by atoms with Crippen molar-refractivity contribution in [2.45, 2.75) is 0 Å². The Morgan fingerprint density at radius 1 is 1.10 bits per heavy atom. The summed E-state index contributed by atoms with van der Waals surface area (Å²) in [5, 5.41) is 0.478. The molecule has 0 unspecified atom stereocenters. The van der Waals surface area contributed by atoms with Crippen molar-refractivity contribution < 1.29 is 14.3 Å². The van der Waals surface area contributed by atoms with Gasteiger partial charge >= 0.3 is 0 Å². The van der Waals surface area contributed by atoms with Crippen LogP contribution in [0.15, 0.2) is 36.4 Å². The topological polar surface area (TPSA) is 61.5 Å². The largest absolute Gasteiger partial charge is 0.496 e. The quantitative estimate of drug-likeness (QED) is 0.694. The molecule has 0 radical (unpaired) electrons. The van der Waals surface area contributed by atoms with Gasteiger partial charge in [0.05, 0.1) is 14.2 Å². The Morgan fingerprint density at radius 2 is 1.70 bits per heavy atom. The highest BCUT2D eigenvalue weighted by Gasteiger charge is 2.21. The zero-order valence-electron chi connectivity index (χ0n) is 11.1. The molecule has 0 amide bonds. The van der Waals surface area contributed by atoms with Gasteiger partial charge in [0.15, 0.2) is 0 Å². The van der Waals surface area contributed by atoms with Crippen molar-refractivity contribution >= 4 is 23.1 Å². The van der Waals surface area contributed by atoms with Gasteiger partial charge in [-0.1, -0.05) is 17.7 Å². The average molecular weight is 292 g/mol. The summed E-state index contributed by atoms with van der Waals surface area (Å²) in [7, 11) is 2.99. The van der Waals surface area contributed by atoms with Crippen LogP contribution in [0.5, 0.6) is 11.5 Å². The Morgan fingerprint density at radius 3 is 2.20 bits per heavy atom. The summed E-state index contributed by atoms with van der Waals surface area (Å²) in [5.41, 5.74) is 6.87. The van der Waals surface area contributed by atoms with Gasteiger partial charge in [-0.15, -0.1) is 0 Å². The molecule has 0 aliphatic heterocycles. The number of anilines is 1. The summed E-state index contributed by atoms with van der Waals surface area (Å²) in [6, 6.07) is 9.89. The van der Waals surface area contributed by atoms with Crippen molar-refractivity contribution in [3.8, 4) is 11.5 Å². The first kappa shape index (κ1) is 14.2. The van der Waals surface area contributed by atoms with E-state index in [4.69, 9.17) is 26.8 Å².